The Morgan fingerprint density at radius 3 is 2.62 bits per heavy atom. The number of ether oxygens (including phenoxy) is 1. The number of rotatable bonds is 3. The fraction of sp³-hybridized carbons (Fsp3) is 0.400. The van der Waals surface area contributed by atoms with Gasteiger partial charge in [0.2, 0.25) is 11.8 Å². The van der Waals surface area contributed by atoms with Crippen molar-refractivity contribution in [3.05, 3.63) is 42.1 Å². The van der Waals surface area contributed by atoms with Crippen molar-refractivity contribution in [2.45, 2.75) is 18.8 Å². The van der Waals surface area contributed by atoms with E-state index in [-0.39, 0.29) is 5.88 Å². The molecule has 1 fully saturated rings. The lowest BCUT2D eigenvalue weighted by molar-refractivity contribution is 0.366. The highest BCUT2D eigenvalue weighted by Gasteiger charge is 2.23. The van der Waals surface area contributed by atoms with E-state index in [9.17, 15) is 4.39 Å². The third kappa shape index (κ3) is 2.94. The molecule has 5 nitrogen and oxygen atoms in total. The average Bonchev–Trinajstić information content (AvgIpc) is 2.56. The van der Waals surface area contributed by atoms with E-state index < -0.39 is 5.82 Å². The van der Waals surface area contributed by atoms with E-state index >= 15 is 0 Å². The molecule has 0 radical (unpaired) electrons. The smallest absolute Gasteiger partial charge is 0.255 e. The molecule has 0 spiro atoms. The van der Waals surface area contributed by atoms with Crippen LogP contribution in [0.3, 0.4) is 0 Å². The minimum Gasteiger partial charge on any atom is -0.479 e. The second-order valence-corrected chi connectivity index (χ2v) is 5.07. The fourth-order valence-electron chi connectivity index (χ4n) is 2.69. The van der Waals surface area contributed by atoms with Crippen molar-refractivity contribution < 1.29 is 9.13 Å². The molecule has 0 unspecified atom stereocenters. The third-order valence-electron chi connectivity index (χ3n) is 3.85. The van der Waals surface area contributed by atoms with Crippen molar-refractivity contribution in [3.8, 4) is 5.88 Å². The molecule has 1 aliphatic rings. The Hall–Kier alpha value is -2.24. The van der Waals surface area contributed by atoms with Crippen molar-refractivity contribution in [2.75, 3.05) is 25.1 Å². The van der Waals surface area contributed by atoms with Gasteiger partial charge in [-0.1, -0.05) is 0 Å². The van der Waals surface area contributed by atoms with Crippen LogP contribution in [0.2, 0.25) is 0 Å². The van der Waals surface area contributed by atoms with Crippen molar-refractivity contribution in [2.24, 2.45) is 0 Å². The zero-order valence-electron chi connectivity index (χ0n) is 11.9. The van der Waals surface area contributed by atoms with Gasteiger partial charge in [0.25, 0.3) is 5.88 Å². The second-order valence-electron chi connectivity index (χ2n) is 5.07. The molecule has 0 amide bonds. The number of hydrogen-bond donors (Lipinski definition) is 0. The molecule has 110 valence electrons. The lowest BCUT2D eigenvalue weighted by atomic mass is 9.90. The van der Waals surface area contributed by atoms with Crippen LogP contribution >= 0.6 is 0 Å². The first-order valence-electron chi connectivity index (χ1n) is 6.99. The van der Waals surface area contributed by atoms with Crippen molar-refractivity contribution >= 4 is 5.95 Å². The summed E-state index contributed by atoms with van der Waals surface area (Å²) in [6.07, 6.45) is 6.86. The topological polar surface area (TPSA) is 51.1 Å². The van der Waals surface area contributed by atoms with Crippen LogP contribution in [0, 0.1) is 5.82 Å². The molecule has 0 saturated carbocycles. The Labute approximate surface area is 122 Å². The highest BCUT2D eigenvalue weighted by molar-refractivity contribution is 5.34. The van der Waals surface area contributed by atoms with E-state index in [1.807, 2.05) is 12.4 Å². The van der Waals surface area contributed by atoms with E-state index in [4.69, 9.17) is 4.74 Å². The molecule has 0 N–H and O–H groups in total. The highest BCUT2D eigenvalue weighted by Crippen LogP contribution is 2.29. The van der Waals surface area contributed by atoms with Crippen molar-refractivity contribution in [1.29, 1.82) is 0 Å². The van der Waals surface area contributed by atoms with E-state index in [2.05, 4.69) is 32.0 Å². The maximum atomic E-state index is 13.3. The predicted molar refractivity (Wildman–Crippen MR) is 77.0 cm³/mol. The van der Waals surface area contributed by atoms with E-state index in [1.165, 1.54) is 12.7 Å². The first-order chi connectivity index (χ1) is 10.3. The summed E-state index contributed by atoms with van der Waals surface area (Å²) in [7, 11) is 1.41. The van der Waals surface area contributed by atoms with Gasteiger partial charge in [-0.25, -0.2) is 4.98 Å². The third-order valence-corrected chi connectivity index (χ3v) is 3.85. The van der Waals surface area contributed by atoms with Gasteiger partial charge < -0.3 is 9.64 Å². The molecule has 3 heterocycles. The van der Waals surface area contributed by atoms with Gasteiger partial charge >= 0.3 is 0 Å². The number of hydrogen-bond acceptors (Lipinski definition) is 5. The quantitative estimate of drug-likeness (QED) is 0.868. The molecule has 0 atom stereocenters. The maximum Gasteiger partial charge on any atom is 0.255 e. The minimum atomic E-state index is -0.534. The minimum absolute atomic E-state index is 0.00347. The van der Waals surface area contributed by atoms with E-state index in [1.54, 1.807) is 0 Å². The molecule has 6 heteroatoms. The summed E-state index contributed by atoms with van der Waals surface area (Å²) in [6, 6.07) is 4.13. The fourth-order valence-corrected chi connectivity index (χ4v) is 2.69. The lowest BCUT2D eigenvalue weighted by Gasteiger charge is -2.32. The summed E-state index contributed by atoms with van der Waals surface area (Å²) in [5.74, 6) is 0.525. The largest absolute Gasteiger partial charge is 0.479 e. The number of pyridine rings is 1. The van der Waals surface area contributed by atoms with Gasteiger partial charge in [-0.3, -0.25) is 4.98 Å². The monoisotopic (exact) mass is 288 g/mol. The average molecular weight is 288 g/mol. The van der Waals surface area contributed by atoms with Gasteiger partial charge in [0.1, 0.15) is 0 Å². The Kier molecular flexibility index (Phi) is 3.94. The number of piperidine rings is 1. The SMILES string of the molecule is COc1nc(N2CCC(c3ccncc3)CC2)ncc1F. The Morgan fingerprint density at radius 1 is 1.24 bits per heavy atom. The molecule has 0 bridgehead atoms. The van der Waals surface area contributed by atoms with Crippen molar-refractivity contribution in [1.82, 2.24) is 15.0 Å². The number of methoxy groups -OCH3 is 1. The van der Waals surface area contributed by atoms with E-state index in [0.717, 1.165) is 32.1 Å². The molecular weight excluding hydrogens is 271 g/mol. The summed E-state index contributed by atoms with van der Waals surface area (Å²) in [5.41, 5.74) is 1.32. The Balaban J connectivity index is 1.68. The number of nitrogens with zero attached hydrogens (tertiary/aromatic N) is 4. The van der Waals surface area contributed by atoms with Gasteiger partial charge in [0.15, 0.2) is 0 Å². The summed E-state index contributed by atoms with van der Waals surface area (Å²) in [5, 5.41) is 0. The standard InChI is InChI=1S/C15H17FN4O/c1-21-14-13(16)10-18-15(19-14)20-8-4-12(5-9-20)11-2-6-17-7-3-11/h2-3,6-7,10,12H,4-5,8-9H2,1H3. The number of aromatic nitrogens is 3. The molecule has 2 aromatic heterocycles. The Bertz CT molecular complexity index is 600. The van der Waals surface area contributed by atoms with Crippen molar-refractivity contribution in [3.63, 3.8) is 0 Å². The van der Waals surface area contributed by atoms with Crippen LogP contribution in [0.25, 0.3) is 0 Å². The zero-order valence-corrected chi connectivity index (χ0v) is 11.9. The number of anilines is 1. The van der Waals surface area contributed by atoms with Crippen LogP contribution < -0.4 is 9.64 Å². The Morgan fingerprint density at radius 2 is 1.95 bits per heavy atom. The van der Waals surface area contributed by atoms with Gasteiger partial charge in [-0.2, -0.15) is 9.37 Å². The molecule has 1 aliphatic heterocycles. The molecule has 0 aromatic carbocycles. The summed E-state index contributed by atoms with van der Waals surface area (Å²) in [6.45, 7) is 1.70. The molecule has 1 saturated heterocycles. The highest BCUT2D eigenvalue weighted by atomic mass is 19.1. The first kappa shape index (κ1) is 13.7. The predicted octanol–water partition coefficient (Wildman–Crippen LogP) is 2.40. The summed E-state index contributed by atoms with van der Waals surface area (Å²) < 4.78 is 18.3. The van der Waals surface area contributed by atoms with Gasteiger partial charge in [0, 0.05) is 25.5 Å². The normalized spacial score (nSPS) is 16.0. The van der Waals surface area contributed by atoms with Gasteiger partial charge in [-0.15, -0.1) is 0 Å². The maximum absolute atomic E-state index is 13.3. The van der Waals surface area contributed by atoms with Crippen LogP contribution in [0.4, 0.5) is 10.3 Å². The van der Waals surface area contributed by atoms with Crippen LogP contribution in [0.1, 0.15) is 24.3 Å². The second kappa shape index (κ2) is 6.03. The van der Waals surface area contributed by atoms with Crippen LogP contribution in [0.15, 0.2) is 30.7 Å². The molecule has 0 aliphatic carbocycles. The van der Waals surface area contributed by atoms with Crippen LogP contribution in [-0.2, 0) is 0 Å². The molecule has 21 heavy (non-hydrogen) atoms. The summed E-state index contributed by atoms with van der Waals surface area (Å²) in [4.78, 5) is 14.3. The molecule has 3 rings (SSSR count). The van der Waals surface area contributed by atoms with Gasteiger partial charge in [-0.05, 0) is 36.5 Å². The lowest BCUT2D eigenvalue weighted by Crippen LogP contribution is -2.34. The van der Waals surface area contributed by atoms with Crippen LogP contribution in [0.5, 0.6) is 5.88 Å². The molecular formula is C15H17FN4O. The number of halogens is 1. The van der Waals surface area contributed by atoms with Crippen LogP contribution in [-0.4, -0.2) is 35.2 Å². The van der Waals surface area contributed by atoms with E-state index in [0.29, 0.717) is 11.9 Å². The zero-order chi connectivity index (χ0) is 14.7. The first-order valence-corrected chi connectivity index (χ1v) is 6.99. The van der Waals surface area contributed by atoms with Gasteiger partial charge in [0.05, 0.1) is 13.3 Å². The summed E-state index contributed by atoms with van der Waals surface area (Å²) >= 11 is 0. The molecule has 2 aromatic rings.